The van der Waals surface area contributed by atoms with E-state index >= 15 is 0 Å². The molecule has 9 heteroatoms. The highest BCUT2D eigenvalue weighted by Crippen LogP contribution is 2.33. The van der Waals surface area contributed by atoms with Gasteiger partial charge in [0, 0.05) is 24.7 Å². The van der Waals surface area contributed by atoms with Crippen molar-refractivity contribution in [3.8, 4) is 0 Å². The first-order valence-electron chi connectivity index (χ1n) is 8.91. The molecule has 1 amide bonds. The Kier molecular flexibility index (Phi) is 5.44. The number of aromatic nitrogens is 1. The van der Waals surface area contributed by atoms with Gasteiger partial charge in [0.25, 0.3) is 5.91 Å². The first-order valence-corrected chi connectivity index (χ1v) is 8.91. The van der Waals surface area contributed by atoms with Crippen LogP contribution in [0, 0.1) is 5.92 Å². The maximum absolute atomic E-state index is 13.1. The topological polar surface area (TPSA) is 79.5 Å². The Labute approximate surface area is 158 Å². The lowest BCUT2D eigenvalue weighted by Crippen LogP contribution is -2.44. The van der Waals surface area contributed by atoms with Crippen molar-refractivity contribution in [2.45, 2.75) is 25.9 Å². The summed E-state index contributed by atoms with van der Waals surface area (Å²) in [6, 6.07) is 3.25. The van der Waals surface area contributed by atoms with Crippen molar-refractivity contribution in [1.82, 2.24) is 9.88 Å². The zero-order chi connectivity index (χ0) is 20.5. The fourth-order valence-electron chi connectivity index (χ4n) is 3.43. The van der Waals surface area contributed by atoms with Gasteiger partial charge in [0.2, 0.25) is 5.43 Å². The van der Waals surface area contributed by atoms with E-state index in [9.17, 15) is 27.6 Å². The molecule has 28 heavy (non-hydrogen) atoms. The van der Waals surface area contributed by atoms with Crippen molar-refractivity contribution in [1.29, 1.82) is 0 Å². The second-order valence-corrected chi connectivity index (χ2v) is 6.60. The molecule has 1 aromatic heterocycles. The van der Waals surface area contributed by atoms with Crippen LogP contribution >= 0.6 is 0 Å². The number of fused-ring (bicyclic) bond motifs is 1. The molecule has 0 spiro atoms. The molecule has 3 rings (SSSR count). The Balaban J connectivity index is 1.93. The van der Waals surface area contributed by atoms with Crippen LogP contribution in [-0.2, 0) is 15.7 Å². The van der Waals surface area contributed by atoms with Crippen LogP contribution in [-0.4, -0.2) is 41.5 Å². The largest absolute Gasteiger partial charge is 0.466 e. The van der Waals surface area contributed by atoms with Gasteiger partial charge in [-0.3, -0.25) is 14.4 Å². The number of carbonyl (C=O) groups is 2. The van der Waals surface area contributed by atoms with Crippen molar-refractivity contribution >= 4 is 22.8 Å². The second-order valence-electron chi connectivity index (χ2n) is 6.60. The number of esters is 1. The zero-order valence-corrected chi connectivity index (χ0v) is 15.1. The summed E-state index contributed by atoms with van der Waals surface area (Å²) >= 11 is 0. The number of halogens is 3. The summed E-state index contributed by atoms with van der Waals surface area (Å²) in [4.78, 5) is 41.2. The van der Waals surface area contributed by atoms with Crippen LogP contribution in [0.2, 0.25) is 0 Å². The number of amides is 1. The third kappa shape index (κ3) is 3.74. The number of H-pyrrole nitrogens is 1. The van der Waals surface area contributed by atoms with Crippen LogP contribution in [0.5, 0.6) is 0 Å². The highest BCUT2D eigenvalue weighted by atomic mass is 19.4. The molecule has 150 valence electrons. The minimum Gasteiger partial charge on any atom is -0.466 e. The Morgan fingerprint density at radius 3 is 2.75 bits per heavy atom. The number of benzene rings is 1. The molecule has 2 heterocycles. The number of aromatic amines is 1. The molecule has 1 unspecified atom stereocenters. The molecule has 1 fully saturated rings. The predicted molar refractivity (Wildman–Crippen MR) is 94.8 cm³/mol. The first kappa shape index (κ1) is 19.9. The molecule has 1 saturated heterocycles. The molecule has 1 aliphatic heterocycles. The van der Waals surface area contributed by atoms with Gasteiger partial charge >= 0.3 is 12.1 Å². The van der Waals surface area contributed by atoms with Crippen LogP contribution in [0.3, 0.4) is 0 Å². The molecule has 1 aromatic carbocycles. The minimum atomic E-state index is -4.63. The quantitative estimate of drug-likeness (QED) is 0.809. The monoisotopic (exact) mass is 396 g/mol. The van der Waals surface area contributed by atoms with Crippen LogP contribution in [0.1, 0.15) is 35.7 Å². The van der Waals surface area contributed by atoms with Crippen molar-refractivity contribution in [2.75, 3.05) is 19.7 Å². The van der Waals surface area contributed by atoms with Crippen molar-refractivity contribution in [3.05, 3.63) is 45.7 Å². The lowest BCUT2D eigenvalue weighted by atomic mass is 9.97. The number of alkyl halides is 3. The molecule has 1 N–H and O–H groups in total. The van der Waals surface area contributed by atoms with Gasteiger partial charge < -0.3 is 14.6 Å². The second kappa shape index (κ2) is 7.65. The van der Waals surface area contributed by atoms with Crippen LogP contribution < -0.4 is 5.43 Å². The van der Waals surface area contributed by atoms with Gasteiger partial charge in [-0.15, -0.1) is 0 Å². The van der Waals surface area contributed by atoms with E-state index in [2.05, 4.69) is 4.98 Å². The van der Waals surface area contributed by atoms with Gasteiger partial charge in [0.1, 0.15) is 5.56 Å². The minimum absolute atomic E-state index is 0.109. The first-order chi connectivity index (χ1) is 13.2. The number of nitrogens with one attached hydrogen (secondary N) is 1. The van der Waals surface area contributed by atoms with Gasteiger partial charge in [0.05, 0.1) is 23.6 Å². The van der Waals surface area contributed by atoms with Crippen molar-refractivity contribution in [2.24, 2.45) is 5.92 Å². The standard InChI is InChI=1S/C19H19F3N2O4/c1-2-28-18(27)11-5-4-8-24(10-11)17(26)13-9-23-15-12(16(13)25)6-3-7-14(15)19(20,21)22/h3,6-7,9,11H,2,4-5,8,10H2,1H3,(H,23,25). The number of hydrogen-bond acceptors (Lipinski definition) is 4. The normalized spacial score (nSPS) is 17.6. The summed E-state index contributed by atoms with van der Waals surface area (Å²) in [6.45, 7) is 2.38. The van der Waals surface area contributed by atoms with E-state index in [4.69, 9.17) is 4.74 Å². The zero-order valence-electron chi connectivity index (χ0n) is 15.1. The van der Waals surface area contributed by atoms with E-state index in [-0.39, 0.29) is 29.6 Å². The number of nitrogens with zero attached hydrogens (tertiary/aromatic N) is 1. The van der Waals surface area contributed by atoms with E-state index in [1.54, 1.807) is 6.92 Å². The highest BCUT2D eigenvalue weighted by Gasteiger charge is 2.34. The Bertz CT molecular complexity index is 968. The van der Waals surface area contributed by atoms with E-state index in [1.165, 1.54) is 11.0 Å². The summed E-state index contributed by atoms with van der Waals surface area (Å²) in [5, 5.41) is -0.209. The van der Waals surface area contributed by atoms with Gasteiger partial charge in [-0.1, -0.05) is 6.07 Å². The number of rotatable bonds is 3. The lowest BCUT2D eigenvalue weighted by Gasteiger charge is -2.31. The number of hydrogen-bond donors (Lipinski definition) is 1. The third-order valence-electron chi connectivity index (χ3n) is 4.78. The SMILES string of the molecule is CCOC(=O)C1CCCN(C(=O)c2c[nH]c3c(C(F)(F)F)cccc3c2=O)C1. The lowest BCUT2D eigenvalue weighted by molar-refractivity contribution is -0.149. The number of pyridine rings is 1. The molecular formula is C19H19F3N2O4. The molecule has 0 radical (unpaired) electrons. The maximum atomic E-state index is 13.1. The smallest absolute Gasteiger partial charge is 0.418 e. The highest BCUT2D eigenvalue weighted by molar-refractivity contribution is 5.98. The summed E-state index contributed by atoms with van der Waals surface area (Å²) in [5.74, 6) is -1.49. The van der Waals surface area contributed by atoms with Crippen molar-refractivity contribution < 1.29 is 27.5 Å². The Hall–Kier alpha value is -2.84. The van der Waals surface area contributed by atoms with Crippen LogP contribution in [0.4, 0.5) is 13.2 Å². The van der Waals surface area contributed by atoms with Gasteiger partial charge in [-0.05, 0) is 31.9 Å². The predicted octanol–water partition coefficient (Wildman–Crippen LogP) is 2.96. The number of piperidine rings is 1. The summed E-state index contributed by atoms with van der Waals surface area (Å²) in [7, 11) is 0. The van der Waals surface area contributed by atoms with Gasteiger partial charge in [-0.2, -0.15) is 13.2 Å². The van der Waals surface area contributed by atoms with Crippen LogP contribution in [0.25, 0.3) is 10.9 Å². The Morgan fingerprint density at radius 1 is 1.32 bits per heavy atom. The molecule has 2 aromatic rings. The molecule has 1 atom stereocenters. The number of para-hydroxylation sites is 1. The van der Waals surface area contributed by atoms with Crippen LogP contribution in [0.15, 0.2) is 29.2 Å². The molecule has 0 saturated carbocycles. The summed E-state index contributed by atoms with van der Waals surface area (Å²) in [6.07, 6.45) is -2.48. The average molecular weight is 396 g/mol. The van der Waals surface area contributed by atoms with Gasteiger partial charge in [0.15, 0.2) is 0 Å². The van der Waals surface area contributed by atoms with Crippen molar-refractivity contribution in [3.63, 3.8) is 0 Å². The number of likely N-dealkylation sites (tertiary alicyclic amines) is 1. The summed E-state index contributed by atoms with van der Waals surface area (Å²) in [5.41, 5.74) is -2.36. The maximum Gasteiger partial charge on any atom is 0.418 e. The van der Waals surface area contributed by atoms with E-state index < -0.39 is 35.0 Å². The fourth-order valence-corrected chi connectivity index (χ4v) is 3.43. The Morgan fingerprint density at radius 2 is 2.07 bits per heavy atom. The molecule has 1 aliphatic rings. The molecule has 0 aliphatic carbocycles. The third-order valence-corrected chi connectivity index (χ3v) is 4.78. The number of ether oxygens (including phenoxy) is 1. The summed E-state index contributed by atoms with van der Waals surface area (Å²) < 4.78 is 44.4. The number of carbonyl (C=O) groups excluding carboxylic acids is 2. The van der Waals surface area contributed by atoms with E-state index in [0.29, 0.717) is 19.4 Å². The molecule has 0 bridgehead atoms. The molecular weight excluding hydrogens is 377 g/mol. The fraction of sp³-hybridized carbons (Fsp3) is 0.421. The van der Waals surface area contributed by atoms with Gasteiger partial charge in [-0.25, -0.2) is 0 Å². The average Bonchev–Trinajstić information content (AvgIpc) is 2.67. The van der Waals surface area contributed by atoms with E-state index in [1.807, 2.05) is 0 Å². The van der Waals surface area contributed by atoms with E-state index in [0.717, 1.165) is 18.3 Å². The molecule has 6 nitrogen and oxygen atoms in total.